The largest absolute Gasteiger partial charge is 0.364 e. The highest BCUT2D eigenvalue weighted by atomic mass is 35.5. The average Bonchev–Trinajstić information content (AvgIpc) is 3.04. The Balaban J connectivity index is 0.00000200. The van der Waals surface area contributed by atoms with E-state index in [9.17, 15) is 4.79 Å². The molecule has 0 radical (unpaired) electrons. The summed E-state index contributed by atoms with van der Waals surface area (Å²) in [7, 11) is 0. The van der Waals surface area contributed by atoms with Crippen molar-refractivity contribution >= 4 is 29.7 Å². The monoisotopic (exact) mass is 320 g/mol. The van der Waals surface area contributed by atoms with Gasteiger partial charge in [0, 0.05) is 12.5 Å². The molecule has 6 nitrogen and oxygen atoms in total. The topological polar surface area (TPSA) is 90.1 Å². The van der Waals surface area contributed by atoms with Crippen LogP contribution < -0.4 is 11.1 Å². The van der Waals surface area contributed by atoms with Crippen LogP contribution in [0.4, 0.5) is 0 Å². The number of rotatable bonds is 5. The smallest absolute Gasteiger partial charge is 0.249 e. The Morgan fingerprint density at radius 3 is 2.80 bits per heavy atom. The third-order valence-corrected chi connectivity index (χ3v) is 4.28. The van der Waals surface area contributed by atoms with E-state index in [0.29, 0.717) is 19.0 Å². The second-order valence-corrected chi connectivity index (χ2v) is 6.06. The lowest BCUT2D eigenvalue weighted by molar-refractivity contribution is -0.132. The highest BCUT2D eigenvalue weighted by Crippen LogP contribution is 2.20. The van der Waals surface area contributed by atoms with Gasteiger partial charge in [0.05, 0.1) is 12.6 Å². The van der Waals surface area contributed by atoms with Crippen molar-refractivity contribution in [2.75, 3.05) is 6.54 Å². The summed E-state index contributed by atoms with van der Waals surface area (Å²) in [6.07, 6.45) is 1.24. The van der Waals surface area contributed by atoms with Crippen LogP contribution in [0.15, 0.2) is 0 Å². The summed E-state index contributed by atoms with van der Waals surface area (Å²) in [6.45, 7) is 5.03. The first kappa shape index (κ1) is 17.3. The fraction of sp³-hybridized carbons (Fsp3) is 0.750. The van der Waals surface area contributed by atoms with Crippen LogP contribution in [0.25, 0.3) is 0 Å². The van der Waals surface area contributed by atoms with E-state index in [2.05, 4.69) is 29.4 Å². The van der Waals surface area contributed by atoms with Crippen LogP contribution in [0.3, 0.4) is 0 Å². The third kappa shape index (κ3) is 4.37. The molecule has 1 saturated heterocycles. The number of hydrogen-bond acceptors (Lipinski definition) is 6. The third-order valence-electron chi connectivity index (χ3n) is 3.05. The summed E-state index contributed by atoms with van der Waals surface area (Å²) in [5.74, 6) is 0.280. The molecule has 1 aromatic rings. The maximum atomic E-state index is 11.9. The van der Waals surface area contributed by atoms with Crippen LogP contribution in [0, 0.1) is 0 Å². The first-order valence-electron chi connectivity index (χ1n) is 6.55. The minimum absolute atomic E-state index is 0. The van der Waals surface area contributed by atoms with Crippen LogP contribution in [-0.2, 0) is 16.1 Å². The van der Waals surface area contributed by atoms with Gasteiger partial charge >= 0.3 is 0 Å². The predicted octanol–water partition coefficient (Wildman–Crippen LogP) is 1.21. The van der Waals surface area contributed by atoms with Crippen molar-refractivity contribution in [1.82, 2.24) is 15.5 Å². The maximum Gasteiger partial charge on any atom is 0.249 e. The highest BCUT2D eigenvalue weighted by Gasteiger charge is 2.29. The van der Waals surface area contributed by atoms with Crippen molar-refractivity contribution in [1.29, 1.82) is 0 Å². The number of carbonyl (C=O) groups excluding carboxylic acids is 1. The van der Waals surface area contributed by atoms with E-state index in [0.717, 1.165) is 22.9 Å². The van der Waals surface area contributed by atoms with Gasteiger partial charge in [-0.3, -0.25) is 4.79 Å². The minimum Gasteiger partial charge on any atom is -0.364 e. The fourth-order valence-electron chi connectivity index (χ4n) is 1.92. The van der Waals surface area contributed by atoms with Gasteiger partial charge < -0.3 is 15.8 Å². The molecule has 0 spiro atoms. The Morgan fingerprint density at radius 1 is 1.50 bits per heavy atom. The average molecular weight is 321 g/mol. The van der Waals surface area contributed by atoms with E-state index in [4.69, 9.17) is 10.5 Å². The van der Waals surface area contributed by atoms with Crippen LogP contribution >= 0.6 is 23.7 Å². The molecule has 2 heterocycles. The first-order valence-corrected chi connectivity index (χ1v) is 7.37. The lowest BCUT2D eigenvalue weighted by atomic mass is 10.2. The molecule has 1 aliphatic rings. The Morgan fingerprint density at radius 2 is 2.25 bits per heavy atom. The molecule has 2 rings (SSSR count). The molecule has 3 N–H and O–H groups in total. The molecule has 1 amide bonds. The van der Waals surface area contributed by atoms with Gasteiger partial charge in [0.1, 0.15) is 16.1 Å². The molecule has 0 aromatic carbocycles. The number of ether oxygens (including phenoxy) is 1. The van der Waals surface area contributed by atoms with Gasteiger partial charge in [-0.15, -0.1) is 22.6 Å². The Hall–Kier alpha value is -0.760. The van der Waals surface area contributed by atoms with E-state index in [1.807, 2.05) is 0 Å². The molecule has 20 heavy (non-hydrogen) atoms. The summed E-state index contributed by atoms with van der Waals surface area (Å²) in [5, 5.41) is 12.8. The molecule has 0 aliphatic carbocycles. The molecule has 0 bridgehead atoms. The summed E-state index contributed by atoms with van der Waals surface area (Å²) in [4.78, 5) is 11.9. The van der Waals surface area contributed by atoms with Gasteiger partial charge in [0.15, 0.2) is 0 Å². The summed E-state index contributed by atoms with van der Waals surface area (Å²) in [5.41, 5.74) is 5.52. The van der Waals surface area contributed by atoms with Crippen LogP contribution in [0.2, 0.25) is 0 Å². The van der Waals surface area contributed by atoms with Crippen molar-refractivity contribution in [3.8, 4) is 0 Å². The van der Waals surface area contributed by atoms with Crippen molar-refractivity contribution < 1.29 is 9.53 Å². The van der Waals surface area contributed by atoms with E-state index >= 15 is 0 Å². The van der Waals surface area contributed by atoms with E-state index in [1.165, 1.54) is 11.3 Å². The van der Waals surface area contributed by atoms with E-state index in [1.54, 1.807) is 0 Å². The van der Waals surface area contributed by atoms with Gasteiger partial charge in [-0.2, -0.15) is 0 Å². The number of halogens is 1. The normalized spacial score (nSPS) is 21.8. The summed E-state index contributed by atoms with van der Waals surface area (Å²) < 4.78 is 5.53. The van der Waals surface area contributed by atoms with Gasteiger partial charge in [-0.05, 0) is 12.8 Å². The number of amides is 1. The number of nitrogens with one attached hydrogen (secondary N) is 1. The zero-order valence-corrected chi connectivity index (χ0v) is 13.3. The molecular weight excluding hydrogens is 300 g/mol. The number of hydrogen-bond donors (Lipinski definition) is 2. The summed E-state index contributed by atoms with van der Waals surface area (Å²) in [6, 6.07) is 0. The minimum atomic E-state index is -0.369. The van der Waals surface area contributed by atoms with Crippen molar-refractivity contribution in [3.63, 3.8) is 0 Å². The fourth-order valence-corrected chi connectivity index (χ4v) is 2.70. The second kappa shape index (κ2) is 7.87. The molecule has 0 unspecified atom stereocenters. The molecular formula is C12H21ClN4O2S. The van der Waals surface area contributed by atoms with Gasteiger partial charge in [0.2, 0.25) is 5.91 Å². The SMILES string of the molecule is CC(C)c1nnc(CNC(=O)[C@@H]2CC[C@H](CN)O2)s1.Cl. The Kier molecular flexibility index (Phi) is 6.81. The standard InChI is InChI=1S/C12H20N4O2S.ClH/c1-7(2)12-16-15-10(19-12)6-14-11(17)9-4-3-8(5-13)18-9;/h7-9H,3-6,13H2,1-2H3,(H,14,17);1H/t8-,9+;/m1./s1. The number of aromatic nitrogens is 2. The maximum absolute atomic E-state index is 11.9. The number of carbonyl (C=O) groups is 1. The molecule has 0 saturated carbocycles. The molecule has 1 aromatic heterocycles. The zero-order valence-electron chi connectivity index (χ0n) is 11.7. The van der Waals surface area contributed by atoms with Crippen LogP contribution in [-0.4, -0.2) is 34.9 Å². The second-order valence-electron chi connectivity index (χ2n) is 4.97. The van der Waals surface area contributed by atoms with Crippen molar-refractivity contribution in [3.05, 3.63) is 10.0 Å². The Labute approximate surface area is 128 Å². The van der Waals surface area contributed by atoms with E-state index < -0.39 is 0 Å². The Bertz CT molecular complexity index is 441. The van der Waals surface area contributed by atoms with E-state index in [-0.39, 0.29) is 30.5 Å². The predicted molar refractivity (Wildman–Crippen MR) is 80.0 cm³/mol. The highest BCUT2D eigenvalue weighted by molar-refractivity contribution is 7.11. The van der Waals surface area contributed by atoms with Crippen LogP contribution in [0.5, 0.6) is 0 Å². The van der Waals surface area contributed by atoms with Crippen molar-refractivity contribution in [2.45, 2.75) is 51.4 Å². The molecule has 114 valence electrons. The first-order chi connectivity index (χ1) is 9.10. The molecule has 1 fully saturated rings. The summed E-state index contributed by atoms with van der Waals surface area (Å²) >= 11 is 1.53. The van der Waals surface area contributed by atoms with Crippen molar-refractivity contribution in [2.24, 2.45) is 5.73 Å². The molecule has 8 heteroatoms. The lowest BCUT2D eigenvalue weighted by Gasteiger charge is -2.11. The number of nitrogens with zero attached hydrogens (tertiary/aromatic N) is 2. The molecule has 1 aliphatic heterocycles. The van der Waals surface area contributed by atoms with Crippen LogP contribution in [0.1, 0.15) is 42.6 Å². The quantitative estimate of drug-likeness (QED) is 0.851. The van der Waals surface area contributed by atoms with Gasteiger partial charge in [-0.1, -0.05) is 25.2 Å². The molecule has 2 atom stereocenters. The number of nitrogens with two attached hydrogens (primary N) is 1. The van der Waals surface area contributed by atoms with Gasteiger partial charge in [0.25, 0.3) is 0 Å². The zero-order chi connectivity index (χ0) is 13.8. The lowest BCUT2D eigenvalue weighted by Crippen LogP contribution is -2.35. The van der Waals surface area contributed by atoms with Gasteiger partial charge in [-0.25, -0.2) is 0 Å².